The summed E-state index contributed by atoms with van der Waals surface area (Å²) in [6.45, 7) is 2.84. The average Bonchev–Trinajstić information content (AvgIpc) is 2.94. The first-order valence-electron chi connectivity index (χ1n) is 8.28. The SMILES string of the molecule is Cc1c(N)nc(N2CCC3(CCC(C(F)(F)F)C3)CC2)n(C)c1=O. The van der Waals surface area contributed by atoms with Gasteiger partial charge >= 0.3 is 6.18 Å². The van der Waals surface area contributed by atoms with Gasteiger partial charge in [0.25, 0.3) is 5.56 Å². The van der Waals surface area contributed by atoms with Crippen LogP contribution in [0, 0.1) is 18.3 Å². The Hall–Kier alpha value is -1.73. The van der Waals surface area contributed by atoms with Crippen molar-refractivity contribution < 1.29 is 13.2 Å². The first-order chi connectivity index (χ1) is 11.1. The Balaban J connectivity index is 1.74. The van der Waals surface area contributed by atoms with E-state index in [1.807, 2.05) is 4.90 Å². The highest BCUT2D eigenvalue weighted by molar-refractivity contribution is 5.45. The van der Waals surface area contributed by atoms with Crippen LogP contribution in [-0.4, -0.2) is 28.8 Å². The van der Waals surface area contributed by atoms with Gasteiger partial charge in [-0.1, -0.05) is 0 Å². The highest BCUT2D eigenvalue weighted by atomic mass is 19.4. The van der Waals surface area contributed by atoms with Crippen LogP contribution >= 0.6 is 0 Å². The number of nitrogens with zero attached hydrogens (tertiary/aromatic N) is 3. The Labute approximate surface area is 138 Å². The number of alkyl halides is 3. The third-order valence-electron chi connectivity index (χ3n) is 5.80. The van der Waals surface area contributed by atoms with Crippen LogP contribution in [0.3, 0.4) is 0 Å². The molecule has 1 spiro atoms. The van der Waals surface area contributed by atoms with Gasteiger partial charge in [0.2, 0.25) is 5.95 Å². The van der Waals surface area contributed by atoms with E-state index in [1.54, 1.807) is 14.0 Å². The molecule has 1 saturated carbocycles. The predicted molar refractivity (Wildman–Crippen MR) is 85.9 cm³/mol. The van der Waals surface area contributed by atoms with E-state index in [0.29, 0.717) is 43.9 Å². The summed E-state index contributed by atoms with van der Waals surface area (Å²) in [5.74, 6) is -0.448. The quantitative estimate of drug-likeness (QED) is 0.851. The number of halogens is 3. The molecule has 1 aliphatic heterocycles. The Morgan fingerprint density at radius 2 is 1.88 bits per heavy atom. The highest BCUT2D eigenvalue weighted by Crippen LogP contribution is 2.53. The number of rotatable bonds is 1. The van der Waals surface area contributed by atoms with Gasteiger partial charge in [0.05, 0.1) is 11.5 Å². The molecule has 2 heterocycles. The van der Waals surface area contributed by atoms with E-state index in [0.717, 1.165) is 0 Å². The Bertz CT molecular complexity index is 690. The van der Waals surface area contributed by atoms with Crippen molar-refractivity contribution >= 4 is 11.8 Å². The van der Waals surface area contributed by atoms with E-state index in [1.165, 1.54) is 4.57 Å². The van der Waals surface area contributed by atoms with Crippen molar-refractivity contribution in [3.05, 3.63) is 15.9 Å². The second kappa shape index (κ2) is 5.67. The van der Waals surface area contributed by atoms with Crippen LogP contribution in [-0.2, 0) is 7.05 Å². The van der Waals surface area contributed by atoms with Crippen LogP contribution in [0.1, 0.15) is 37.7 Å². The average molecular weight is 344 g/mol. The van der Waals surface area contributed by atoms with E-state index < -0.39 is 12.1 Å². The molecule has 134 valence electrons. The summed E-state index contributed by atoms with van der Waals surface area (Å²) in [4.78, 5) is 18.4. The predicted octanol–water partition coefficient (Wildman–Crippen LogP) is 2.62. The van der Waals surface area contributed by atoms with Gasteiger partial charge in [-0.3, -0.25) is 9.36 Å². The standard InChI is InChI=1S/C16H23F3N4O/c1-10-12(20)21-14(22(2)13(10)24)23-7-5-15(6-8-23)4-3-11(9-15)16(17,18)19/h11H,3-9,20H2,1-2H3. The fraction of sp³-hybridized carbons (Fsp3) is 0.750. The molecule has 2 aliphatic rings. The molecule has 1 atom stereocenters. The van der Waals surface area contributed by atoms with E-state index in [-0.39, 0.29) is 29.6 Å². The Morgan fingerprint density at radius 1 is 1.25 bits per heavy atom. The molecule has 0 radical (unpaired) electrons. The molecule has 2 fully saturated rings. The number of hydrogen-bond acceptors (Lipinski definition) is 4. The summed E-state index contributed by atoms with van der Waals surface area (Å²) in [5.41, 5.74) is 5.82. The minimum absolute atomic E-state index is 0.184. The smallest absolute Gasteiger partial charge is 0.383 e. The summed E-state index contributed by atoms with van der Waals surface area (Å²) >= 11 is 0. The van der Waals surface area contributed by atoms with E-state index in [9.17, 15) is 18.0 Å². The second-order valence-corrected chi connectivity index (χ2v) is 7.25. The third kappa shape index (κ3) is 2.86. The lowest BCUT2D eigenvalue weighted by atomic mass is 9.76. The maximum Gasteiger partial charge on any atom is 0.391 e. The number of anilines is 2. The molecule has 1 saturated heterocycles. The summed E-state index contributed by atoms with van der Waals surface area (Å²) in [6, 6.07) is 0. The number of nitrogen functional groups attached to an aromatic ring is 1. The summed E-state index contributed by atoms with van der Waals surface area (Å²) < 4.78 is 40.3. The van der Waals surface area contributed by atoms with Crippen LogP contribution in [0.25, 0.3) is 0 Å². The minimum Gasteiger partial charge on any atom is -0.383 e. The van der Waals surface area contributed by atoms with Crippen molar-refractivity contribution in [2.24, 2.45) is 18.4 Å². The number of nitrogens with two attached hydrogens (primary N) is 1. The zero-order valence-corrected chi connectivity index (χ0v) is 14.0. The molecule has 1 aliphatic carbocycles. The largest absolute Gasteiger partial charge is 0.391 e. The van der Waals surface area contributed by atoms with E-state index in [2.05, 4.69) is 4.98 Å². The van der Waals surface area contributed by atoms with Gasteiger partial charge in [-0.15, -0.1) is 0 Å². The van der Waals surface area contributed by atoms with Crippen molar-refractivity contribution in [2.75, 3.05) is 23.7 Å². The zero-order valence-electron chi connectivity index (χ0n) is 14.0. The third-order valence-corrected chi connectivity index (χ3v) is 5.80. The molecule has 2 N–H and O–H groups in total. The van der Waals surface area contributed by atoms with E-state index >= 15 is 0 Å². The van der Waals surface area contributed by atoms with Crippen molar-refractivity contribution in [3.63, 3.8) is 0 Å². The minimum atomic E-state index is -4.09. The van der Waals surface area contributed by atoms with Gasteiger partial charge in [0, 0.05) is 20.1 Å². The van der Waals surface area contributed by atoms with Gasteiger partial charge in [-0.25, -0.2) is 0 Å². The van der Waals surface area contributed by atoms with Gasteiger partial charge < -0.3 is 10.6 Å². The van der Waals surface area contributed by atoms with Gasteiger partial charge in [0.1, 0.15) is 5.82 Å². The molecule has 24 heavy (non-hydrogen) atoms. The number of piperidine rings is 1. The first kappa shape index (κ1) is 17.1. The molecular weight excluding hydrogens is 321 g/mol. The maximum atomic E-state index is 12.9. The molecule has 0 amide bonds. The second-order valence-electron chi connectivity index (χ2n) is 7.25. The van der Waals surface area contributed by atoms with Crippen molar-refractivity contribution in [3.8, 4) is 0 Å². The molecule has 8 heteroatoms. The monoisotopic (exact) mass is 344 g/mol. The van der Waals surface area contributed by atoms with Crippen LogP contribution in [0.5, 0.6) is 0 Å². The lowest BCUT2D eigenvalue weighted by molar-refractivity contribution is -0.174. The summed E-state index contributed by atoms with van der Waals surface area (Å²) in [7, 11) is 1.65. The lowest BCUT2D eigenvalue weighted by Crippen LogP contribution is -2.42. The molecular formula is C16H23F3N4O. The first-order valence-corrected chi connectivity index (χ1v) is 8.28. The molecule has 0 aromatic carbocycles. The topological polar surface area (TPSA) is 64.2 Å². The lowest BCUT2D eigenvalue weighted by Gasteiger charge is -2.40. The zero-order chi connectivity index (χ0) is 17.7. The highest BCUT2D eigenvalue weighted by Gasteiger charge is 2.51. The fourth-order valence-corrected chi connectivity index (χ4v) is 4.12. The number of aromatic nitrogens is 2. The summed E-state index contributed by atoms with van der Waals surface area (Å²) in [5, 5.41) is 0. The van der Waals surface area contributed by atoms with Gasteiger partial charge in [-0.05, 0) is 44.4 Å². The molecule has 5 nitrogen and oxygen atoms in total. The van der Waals surface area contributed by atoms with Crippen LogP contribution in [0.2, 0.25) is 0 Å². The van der Waals surface area contributed by atoms with Gasteiger partial charge in [0.15, 0.2) is 0 Å². The molecule has 1 unspecified atom stereocenters. The van der Waals surface area contributed by atoms with Crippen LogP contribution < -0.4 is 16.2 Å². The Morgan fingerprint density at radius 3 is 2.42 bits per heavy atom. The van der Waals surface area contributed by atoms with Crippen LogP contribution in [0.4, 0.5) is 24.9 Å². The molecule has 0 bridgehead atoms. The normalized spacial score (nSPS) is 23.9. The Kier molecular flexibility index (Phi) is 4.04. The number of hydrogen-bond donors (Lipinski definition) is 1. The molecule has 1 aromatic heterocycles. The van der Waals surface area contributed by atoms with Gasteiger partial charge in [-0.2, -0.15) is 18.2 Å². The maximum absolute atomic E-state index is 12.9. The van der Waals surface area contributed by atoms with Crippen LogP contribution in [0.15, 0.2) is 4.79 Å². The fourth-order valence-electron chi connectivity index (χ4n) is 4.12. The molecule has 1 aromatic rings. The molecule has 3 rings (SSSR count). The van der Waals surface area contributed by atoms with Crippen molar-refractivity contribution in [1.82, 2.24) is 9.55 Å². The van der Waals surface area contributed by atoms with Crippen molar-refractivity contribution in [2.45, 2.75) is 45.2 Å². The van der Waals surface area contributed by atoms with Crippen molar-refractivity contribution in [1.29, 1.82) is 0 Å². The van der Waals surface area contributed by atoms with E-state index in [4.69, 9.17) is 5.73 Å². The summed E-state index contributed by atoms with van der Waals surface area (Å²) in [6.07, 6.45) is -1.60.